The molecule has 0 aromatic carbocycles. The van der Waals surface area contributed by atoms with Gasteiger partial charge in [-0.05, 0) is 6.42 Å². The number of hydrogen-bond donors (Lipinski definition) is 0. The number of carbonyl (C=O) groups excluding carboxylic acids is 1. The summed E-state index contributed by atoms with van der Waals surface area (Å²) in [6.45, 7) is 1.81. The Kier molecular flexibility index (Phi) is 4.29. The molecule has 0 aliphatic heterocycles. The zero-order chi connectivity index (χ0) is 8.91. The largest absolute Gasteiger partial charge is 0.302 e. The van der Waals surface area contributed by atoms with Crippen LogP contribution in [0.1, 0.15) is 19.8 Å². The zero-order valence-corrected chi connectivity index (χ0v) is 7.43. The van der Waals surface area contributed by atoms with Gasteiger partial charge in [-0.25, -0.2) is 0 Å². The molecule has 4 nitrogen and oxygen atoms in total. The Labute approximate surface area is 66.7 Å². The second-order valence-corrected chi connectivity index (χ2v) is 4.05. The molecule has 5 heteroatoms. The van der Waals surface area contributed by atoms with Crippen molar-refractivity contribution in [1.29, 1.82) is 0 Å². The highest BCUT2D eigenvalue weighted by atomic mass is 32.2. The van der Waals surface area contributed by atoms with E-state index in [1.54, 1.807) is 0 Å². The lowest BCUT2D eigenvalue weighted by Crippen LogP contribution is -2.23. The van der Waals surface area contributed by atoms with Gasteiger partial charge in [0.25, 0.3) is 10.1 Å². The van der Waals surface area contributed by atoms with Gasteiger partial charge >= 0.3 is 0 Å². The van der Waals surface area contributed by atoms with Crippen LogP contribution in [-0.4, -0.2) is 27.1 Å². The monoisotopic (exact) mass is 180 g/mol. The van der Waals surface area contributed by atoms with E-state index in [1.165, 1.54) is 0 Å². The van der Waals surface area contributed by atoms with E-state index in [1.807, 2.05) is 6.92 Å². The second kappa shape index (κ2) is 4.46. The predicted molar refractivity (Wildman–Crippen MR) is 40.7 cm³/mol. The topological polar surface area (TPSA) is 60.4 Å². The Morgan fingerprint density at radius 1 is 1.55 bits per heavy atom. The minimum absolute atomic E-state index is 0.319. The standard InChI is InChI=1S/C6H12O4S/c1-3-4-6(5-7)11(8,9)10-2/h5-6H,3-4H2,1-2H3. The summed E-state index contributed by atoms with van der Waals surface area (Å²) < 4.78 is 25.9. The van der Waals surface area contributed by atoms with Crippen molar-refractivity contribution in [2.75, 3.05) is 7.11 Å². The lowest BCUT2D eigenvalue weighted by molar-refractivity contribution is -0.107. The number of carbonyl (C=O) groups is 1. The van der Waals surface area contributed by atoms with Crippen LogP contribution >= 0.6 is 0 Å². The molecule has 0 aromatic rings. The van der Waals surface area contributed by atoms with Crippen LogP contribution in [0, 0.1) is 0 Å². The molecule has 0 aliphatic carbocycles. The van der Waals surface area contributed by atoms with Crippen LogP contribution in [-0.2, 0) is 19.1 Å². The summed E-state index contributed by atoms with van der Waals surface area (Å²) in [5.41, 5.74) is 0. The van der Waals surface area contributed by atoms with Gasteiger partial charge in [-0.15, -0.1) is 0 Å². The summed E-state index contributed by atoms with van der Waals surface area (Å²) in [6, 6.07) is 0. The van der Waals surface area contributed by atoms with E-state index in [-0.39, 0.29) is 0 Å². The number of aldehydes is 1. The smallest absolute Gasteiger partial charge is 0.276 e. The van der Waals surface area contributed by atoms with E-state index in [0.29, 0.717) is 19.1 Å². The van der Waals surface area contributed by atoms with Crippen molar-refractivity contribution in [2.45, 2.75) is 25.0 Å². The lowest BCUT2D eigenvalue weighted by atomic mass is 10.3. The summed E-state index contributed by atoms with van der Waals surface area (Å²) >= 11 is 0. The quantitative estimate of drug-likeness (QED) is 0.452. The molecule has 0 amide bonds. The van der Waals surface area contributed by atoms with Gasteiger partial charge in [-0.1, -0.05) is 13.3 Å². The SMILES string of the molecule is CCCC(C=O)S(=O)(=O)OC. The highest BCUT2D eigenvalue weighted by Gasteiger charge is 2.23. The van der Waals surface area contributed by atoms with Gasteiger partial charge < -0.3 is 4.79 Å². The predicted octanol–water partition coefficient (Wildman–Crippen LogP) is 0.330. The van der Waals surface area contributed by atoms with Crippen LogP contribution in [0.2, 0.25) is 0 Å². The van der Waals surface area contributed by atoms with Gasteiger partial charge in [-0.3, -0.25) is 4.18 Å². The molecule has 0 rings (SSSR count). The molecule has 1 unspecified atom stereocenters. The molecule has 0 saturated heterocycles. The van der Waals surface area contributed by atoms with Gasteiger partial charge in [0, 0.05) is 0 Å². The van der Waals surface area contributed by atoms with Crippen LogP contribution in [0.3, 0.4) is 0 Å². The normalized spacial score (nSPS) is 14.4. The maximum absolute atomic E-state index is 10.9. The van der Waals surface area contributed by atoms with Crippen LogP contribution in [0.5, 0.6) is 0 Å². The van der Waals surface area contributed by atoms with Crippen molar-refractivity contribution in [3.63, 3.8) is 0 Å². The first-order valence-electron chi connectivity index (χ1n) is 3.33. The molecule has 66 valence electrons. The van der Waals surface area contributed by atoms with E-state index in [9.17, 15) is 13.2 Å². The first-order chi connectivity index (χ1) is 5.08. The molecule has 0 fully saturated rings. The second-order valence-electron chi connectivity index (χ2n) is 2.12. The van der Waals surface area contributed by atoms with Crippen LogP contribution in [0.25, 0.3) is 0 Å². The molecule has 0 radical (unpaired) electrons. The highest BCUT2D eigenvalue weighted by Crippen LogP contribution is 2.06. The Balaban J connectivity index is 4.37. The first kappa shape index (κ1) is 10.6. The molecular formula is C6H12O4S. The summed E-state index contributed by atoms with van der Waals surface area (Å²) in [4.78, 5) is 10.2. The van der Waals surface area contributed by atoms with Gasteiger partial charge in [0.2, 0.25) is 0 Å². The Bertz CT molecular complexity index is 207. The Morgan fingerprint density at radius 3 is 2.36 bits per heavy atom. The van der Waals surface area contributed by atoms with E-state index in [0.717, 1.165) is 7.11 Å². The average Bonchev–Trinajstić information content (AvgIpc) is 2.00. The zero-order valence-electron chi connectivity index (χ0n) is 6.61. The third-order valence-corrected chi connectivity index (χ3v) is 2.88. The van der Waals surface area contributed by atoms with Crippen LogP contribution < -0.4 is 0 Å². The van der Waals surface area contributed by atoms with Crippen molar-refractivity contribution in [2.24, 2.45) is 0 Å². The molecule has 0 N–H and O–H groups in total. The molecule has 0 heterocycles. The van der Waals surface area contributed by atoms with E-state index < -0.39 is 15.4 Å². The van der Waals surface area contributed by atoms with E-state index in [4.69, 9.17) is 0 Å². The fourth-order valence-electron chi connectivity index (χ4n) is 0.689. The van der Waals surface area contributed by atoms with Crippen molar-refractivity contribution in [3.8, 4) is 0 Å². The van der Waals surface area contributed by atoms with Gasteiger partial charge in [0.05, 0.1) is 7.11 Å². The molecule has 0 aliphatic rings. The average molecular weight is 180 g/mol. The maximum atomic E-state index is 10.9. The van der Waals surface area contributed by atoms with E-state index >= 15 is 0 Å². The number of rotatable bonds is 5. The molecular weight excluding hydrogens is 168 g/mol. The van der Waals surface area contributed by atoms with Gasteiger partial charge in [-0.2, -0.15) is 8.42 Å². The van der Waals surface area contributed by atoms with Crippen molar-refractivity contribution in [1.82, 2.24) is 0 Å². The highest BCUT2D eigenvalue weighted by molar-refractivity contribution is 7.88. The number of hydrogen-bond acceptors (Lipinski definition) is 4. The lowest BCUT2D eigenvalue weighted by Gasteiger charge is -2.06. The first-order valence-corrected chi connectivity index (χ1v) is 4.80. The van der Waals surface area contributed by atoms with Crippen molar-refractivity contribution in [3.05, 3.63) is 0 Å². The Morgan fingerprint density at radius 2 is 2.09 bits per heavy atom. The third-order valence-electron chi connectivity index (χ3n) is 1.33. The fourth-order valence-corrected chi connectivity index (χ4v) is 1.60. The van der Waals surface area contributed by atoms with Crippen molar-refractivity contribution < 1.29 is 17.4 Å². The summed E-state index contributed by atoms with van der Waals surface area (Å²) in [5, 5.41) is -1.00. The fraction of sp³-hybridized carbons (Fsp3) is 0.833. The molecule has 1 atom stereocenters. The Hall–Kier alpha value is -0.420. The molecule has 0 aromatic heterocycles. The maximum Gasteiger partial charge on any atom is 0.276 e. The minimum Gasteiger partial charge on any atom is -0.302 e. The van der Waals surface area contributed by atoms with Crippen LogP contribution in [0.4, 0.5) is 0 Å². The van der Waals surface area contributed by atoms with Gasteiger partial charge in [0.15, 0.2) is 0 Å². The molecule has 0 bridgehead atoms. The van der Waals surface area contributed by atoms with E-state index in [2.05, 4.69) is 4.18 Å². The van der Waals surface area contributed by atoms with Crippen LogP contribution in [0.15, 0.2) is 0 Å². The minimum atomic E-state index is -3.64. The summed E-state index contributed by atoms with van der Waals surface area (Å²) in [6.07, 6.45) is 1.37. The summed E-state index contributed by atoms with van der Waals surface area (Å²) in [7, 11) is -2.58. The van der Waals surface area contributed by atoms with Gasteiger partial charge in [0.1, 0.15) is 11.5 Å². The third kappa shape index (κ3) is 2.98. The summed E-state index contributed by atoms with van der Waals surface area (Å²) in [5.74, 6) is 0. The van der Waals surface area contributed by atoms with Crippen molar-refractivity contribution >= 4 is 16.4 Å². The molecule has 0 saturated carbocycles. The molecule has 11 heavy (non-hydrogen) atoms. The molecule has 0 spiro atoms.